The van der Waals surface area contributed by atoms with Crippen molar-refractivity contribution in [3.05, 3.63) is 34.4 Å². The molecule has 25 heavy (non-hydrogen) atoms. The van der Waals surface area contributed by atoms with Crippen LogP contribution in [0.1, 0.15) is 20.3 Å². The average Bonchev–Trinajstić information content (AvgIpc) is 2.57. The van der Waals surface area contributed by atoms with Crippen molar-refractivity contribution in [3.8, 4) is 5.75 Å². The zero-order valence-corrected chi connectivity index (χ0v) is 13.8. The summed E-state index contributed by atoms with van der Waals surface area (Å²) in [6.45, 7) is 2.35. The van der Waals surface area contributed by atoms with Crippen LogP contribution in [0.15, 0.2) is 24.3 Å². The number of imide groups is 1. The van der Waals surface area contributed by atoms with E-state index in [0.29, 0.717) is 6.42 Å². The minimum Gasteiger partial charge on any atom is -0.475 e. The molecule has 2 N–H and O–H groups in total. The van der Waals surface area contributed by atoms with E-state index in [4.69, 9.17) is 4.74 Å². The maximum absolute atomic E-state index is 11.5. The van der Waals surface area contributed by atoms with E-state index in [-0.39, 0.29) is 17.5 Å². The predicted octanol–water partition coefficient (Wildman–Crippen LogP) is 1.14. The number of nitro groups is 1. The van der Waals surface area contributed by atoms with Crippen molar-refractivity contribution in [1.29, 1.82) is 0 Å². The van der Waals surface area contributed by atoms with Crippen LogP contribution >= 0.6 is 0 Å². The van der Waals surface area contributed by atoms with Gasteiger partial charge in [-0.25, -0.2) is 9.59 Å². The first-order valence-corrected chi connectivity index (χ1v) is 7.45. The quantitative estimate of drug-likeness (QED) is 0.406. The molecule has 0 radical (unpaired) electrons. The molecule has 10 heteroatoms. The number of hydrogen-bond donors (Lipinski definition) is 2. The van der Waals surface area contributed by atoms with E-state index in [0.717, 1.165) is 0 Å². The van der Waals surface area contributed by atoms with E-state index in [9.17, 15) is 24.5 Å². The molecule has 0 unspecified atom stereocenters. The van der Waals surface area contributed by atoms with Crippen molar-refractivity contribution in [2.24, 2.45) is 0 Å². The van der Waals surface area contributed by atoms with Crippen LogP contribution in [0, 0.1) is 10.1 Å². The highest BCUT2D eigenvalue weighted by Crippen LogP contribution is 2.25. The molecule has 0 saturated heterocycles. The molecule has 0 aliphatic rings. The lowest BCUT2D eigenvalue weighted by atomic mass is 10.3. The average molecular weight is 353 g/mol. The number of nitro benzene ring substituents is 1. The Kier molecular flexibility index (Phi) is 7.83. The van der Waals surface area contributed by atoms with Crippen LogP contribution in [0.2, 0.25) is 0 Å². The summed E-state index contributed by atoms with van der Waals surface area (Å²) in [4.78, 5) is 44.5. The van der Waals surface area contributed by atoms with Crippen molar-refractivity contribution < 1.29 is 28.8 Å². The van der Waals surface area contributed by atoms with Crippen LogP contribution in [0.3, 0.4) is 0 Å². The van der Waals surface area contributed by atoms with Gasteiger partial charge in [0.2, 0.25) is 0 Å². The second kappa shape index (κ2) is 9.85. The lowest BCUT2D eigenvalue weighted by Crippen LogP contribution is -2.44. The SMILES string of the molecule is CC[C@@H](C)NC(=O)NC(=O)COC(=O)COc1ccccc1[N+](=O)[O-]. The summed E-state index contributed by atoms with van der Waals surface area (Å²) in [5.41, 5.74) is -0.297. The van der Waals surface area contributed by atoms with E-state index in [2.05, 4.69) is 10.1 Å². The summed E-state index contributed by atoms with van der Waals surface area (Å²) in [5.74, 6) is -1.81. The molecule has 136 valence electrons. The van der Waals surface area contributed by atoms with Crippen LogP contribution < -0.4 is 15.4 Å². The van der Waals surface area contributed by atoms with Crippen molar-refractivity contribution >= 4 is 23.6 Å². The lowest BCUT2D eigenvalue weighted by Gasteiger charge is -2.12. The molecule has 1 rings (SSSR count). The van der Waals surface area contributed by atoms with Gasteiger partial charge in [0, 0.05) is 12.1 Å². The Morgan fingerprint density at radius 1 is 1.24 bits per heavy atom. The van der Waals surface area contributed by atoms with Gasteiger partial charge in [-0.3, -0.25) is 20.2 Å². The molecule has 0 bridgehead atoms. The van der Waals surface area contributed by atoms with Crippen LogP contribution in [0.5, 0.6) is 5.75 Å². The molecule has 1 aromatic carbocycles. The number of amides is 3. The summed E-state index contributed by atoms with van der Waals surface area (Å²) in [7, 11) is 0. The van der Waals surface area contributed by atoms with Crippen molar-refractivity contribution in [1.82, 2.24) is 10.6 Å². The van der Waals surface area contributed by atoms with Gasteiger partial charge < -0.3 is 14.8 Å². The summed E-state index contributed by atoms with van der Waals surface area (Å²) in [6.07, 6.45) is 0.694. The van der Waals surface area contributed by atoms with Crippen molar-refractivity contribution in [2.45, 2.75) is 26.3 Å². The molecule has 3 amide bonds. The molecule has 0 saturated carbocycles. The third kappa shape index (κ3) is 7.29. The van der Waals surface area contributed by atoms with E-state index >= 15 is 0 Å². The monoisotopic (exact) mass is 353 g/mol. The molecule has 10 nitrogen and oxygen atoms in total. The van der Waals surface area contributed by atoms with Crippen LogP contribution in [0.4, 0.5) is 10.5 Å². The largest absolute Gasteiger partial charge is 0.475 e. The van der Waals surface area contributed by atoms with E-state index in [1.165, 1.54) is 24.3 Å². The topological polar surface area (TPSA) is 137 Å². The number of benzene rings is 1. The first kappa shape index (κ1) is 19.9. The predicted molar refractivity (Wildman–Crippen MR) is 86.0 cm³/mol. The van der Waals surface area contributed by atoms with Gasteiger partial charge in [0.1, 0.15) is 0 Å². The van der Waals surface area contributed by atoms with Crippen molar-refractivity contribution in [2.75, 3.05) is 13.2 Å². The second-order valence-electron chi connectivity index (χ2n) is 5.01. The number of nitrogens with one attached hydrogen (secondary N) is 2. The second-order valence-corrected chi connectivity index (χ2v) is 5.01. The van der Waals surface area contributed by atoms with Gasteiger partial charge in [-0.1, -0.05) is 19.1 Å². The number of para-hydroxylation sites is 2. The van der Waals surface area contributed by atoms with Gasteiger partial charge in [0.25, 0.3) is 5.91 Å². The number of carbonyl (C=O) groups excluding carboxylic acids is 3. The van der Waals surface area contributed by atoms with Gasteiger partial charge in [-0.05, 0) is 19.4 Å². The third-order valence-electron chi connectivity index (χ3n) is 3.01. The van der Waals surface area contributed by atoms with Gasteiger partial charge in [-0.15, -0.1) is 0 Å². The van der Waals surface area contributed by atoms with Crippen LogP contribution in [-0.2, 0) is 14.3 Å². The van der Waals surface area contributed by atoms with Crippen LogP contribution in [-0.4, -0.2) is 42.1 Å². The van der Waals surface area contributed by atoms with Gasteiger partial charge >= 0.3 is 17.7 Å². The summed E-state index contributed by atoms with van der Waals surface area (Å²) in [6, 6.07) is 4.73. The van der Waals surface area contributed by atoms with Gasteiger partial charge in [-0.2, -0.15) is 0 Å². The zero-order chi connectivity index (χ0) is 18.8. The molecule has 0 fully saturated rings. The number of carbonyl (C=O) groups is 3. The third-order valence-corrected chi connectivity index (χ3v) is 3.01. The number of esters is 1. The van der Waals surface area contributed by atoms with E-state index < -0.39 is 36.0 Å². The Morgan fingerprint density at radius 2 is 1.92 bits per heavy atom. The maximum atomic E-state index is 11.5. The Bertz CT molecular complexity index is 648. The fraction of sp³-hybridized carbons (Fsp3) is 0.400. The number of ether oxygens (including phenoxy) is 2. The van der Waals surface area contributed by atoms with Gasteiger partial charge in [0.05, 0.1) is 4.92 Å². The van der Waals surface area contributed by atoms with Crippen molar-refractivity contribution in [3.63, 3.8) is 0 Å². The number of nitrogens with zero attached hydrogens (tertiary/aromatic N) is 1. The summed E-state index contributed by atoms with van der Waals surface area (Å²) in [5, 5.41) is 15.3. The molecule has 0 aliphatic heterocycles. The molecule has 0 aliphatic carbocycles. The molecule has 0 spiro atoms. The minimum atomic E-state index is -0.907. The summed E-state index contributed by atoms with van der Waals surface area (Å²) >= 11 is 0. The number of rotatable bonds is 8. The zero-order valence-electron chi connectivity index (χ0n) is 13.8. The molecular formula is C15H19N3O7. The van der Waals surface area contributed by atoms with Crippen LogP contribution in [0.25, 0.3) is 0 Å². The number of urea groups is 1. The smallest absolute Gasteiger partial charge is 0.344 e. The molecule has 0 aromatic heterocycles. The van der Waals surface area contributed by atoms with E-state index in [1.807, 2.05) is 12.2 Å². The molecule has 0 heterocycles. The normalized spacial score (nSPS) is 11.1. The standard InChI is InChI=1S/C15H19N3O7/c1-3-10(2)16-15(21)17-13(19)8-25-14(20)9-24-12-7-5-4-6-11(12)18(22)23/h4-7,10H,3,8-9H2,1-2H3,(H2,16,17,19,21)/t10-/m1/s1. The highest BCUT2D eigenvalue weighted by atomic mass is 16.6. The van der Waals surface area contributed by atoms with Gasteiger partial charge in [0.15, 0.2) is 19.0 Å². The first-order valence-electron chi connectivity index (χ1n) is 7.45. The Morgan fingerprint density at radius 3 is 2.56 bits per heavy atom. The lowest BCUT2D eigenvalue weighted by molar-refractivity contribution is -0.385. The number of hydrogen-bond acceptors (Lipinski definition) is 7. The highest BCUT2D eigenvalue weighted by Gasteiger charge is 2.16. The Labute approximate surface area is 143 Å². The summed E-state index contributed by atoms with van der Waals surface area (Å²) < 4.78 is 9.65. The Hall–Kier alpha value is -3.17. The maximum Gasteiger partial charge on any atom is 0.344 e. The highest BCUT2D eigenvalue weighted by molar-refractivity contribution is 5.95. The fourth-order valence-electron chi connectivity index (χ4n) is 1.58. The molecular weight excluding hydrogens is 334 g/mol. The fourth-order valence-corrected chi connectivity index (χ4v) is 1.58. The first-order chi connectivity index (χ1) is 11.8. The van der Waals surface area contributed by atoms with E-state index in [1.54, 1.807) is 6.92 Å². The Balaban J connectivity index is 2.37. The molecule has 1 atom stereocenters. The molecule has 1 aromatic rings. The minimum absolute atomic E-state index is 0.0955.